The van der Waals surface area contributed by atoms with Crippen molar-refractivity contribution in [3.05, 3.63) is 23.2 Å². The topological polar surface area (TPSA) is 78.5 Å². The van der Waals surface area contributed by atoms with Gasteiger partial charge >= 0.3 is 6.03 Å². The van der Waals surface area contributed by atoms with Crippen molar-refractivity contribution in [2.75, 3.05) is 34.8 Å². The molecule has 132 valence electrons. The number of piperidine rings is 1. The molecule has 8 heteroatoms. The van der Waals surface area contributed by atoms with E-state index >= 15 is 0 Å². The van der Waals surface area contributed by atoms with Gasteiger partial charge in [0.2, 0.25) is 0 Å². The summed E-state index contributed by atoms with van der Waals surface area (Å²) in [5.74, 6) is 0.142. The molecule has 1 aromatic rings. The van der Waals surface area contributed by atoms with Gasteiger partial charge in [-0.3, -0.25) is 0 Å². The van der Waals surface area contributed by atoms with Crippen molar-refractivity contribution >= 4 is 38.8 Å². The number of urea groups is 1. The molecule has 0 bridgehead atoms. The molecule has 1 atom stereocenters. The van der Waals surface area contributed by atoms with E-state index in [1.807, 2.05) is 12.1 Å². The van der Waals surface area contributed by atoms with Crippen LogP contribution < -0.4 is 15.5 Å². The maximum atomic E-state index is 12.0. The van der Waals surface area contributed by atoms with Gasteiger partial charge in [0.05, 0.1) is 22.2 Å². The van der Waals surface area contributed by atoms with Crippen LogP contribution in [0.2, 0.25) is 5.02 Å². The van der Waals surface area contributed by atoms with Crippen LogP contribution in [0, 0.1) is 0 Å². The number of anilines is 2. The largest absolute Gasteiger partial charge is 0.370 e. The summed E-state index contributed by atoms with van der Waals surface area (Å²) in [5.41, 5.74) is 1.59. The Labute approximate surface area is 147 Å². The SMILES string of the molecule is O=C(Nc1ccc(N2CCCCC2)c(Cl)c1)NC1CCS(=O)(=O)C1. The molecule has 2 aliphatic rings. The molecule has 0 radical (unpaired) electrons. The van der Waals surface area contributed by atoms with Gasteiger partial charge in [0.25, 0.3) is 0 Å². The molecule has 2 N–H and O–H groups in total. The van der Waals surface area contributed by atoms with Gasteiger partial charge in [-0.1, -0.05) is 11.6 Å². The van der Waals surface area contributed by atoms with E-state index in [2.05, 4.69) is 15.5 Å². The standard InChI is InChI=1S/C16H22ClN3O3S/c17-14-10-12(4-5-15(14)20-7-2-1-3-8-20)18-16(21)19-13-6-9-24(22,23)11-13/h4-5,10,13H,1-3,6-9,11H2,(H2,18,19,21). The van der Waals surface area contributed by atoms with Crippen LogP contribution in [-0.4, -0.2) is 45.1 Å². The molecule has 0 spiro atoms. The van der Waals surface area contributed by atoms with Crippen molar-refractivity contribution in [1.82, 2.24) is 5.32 Å². The lowest BCUT2D eigenvalue weighted by Crippen LogP contribution is -2.38. The van der Waals surface area contributed by atoms with Crippen LogP contribution in [0.5, 0.6) is 0 Å². The van der Waals surface area contributed by atoms with Gasteiger partial charge in [0, 0.05) is 24.8 Å². The average Bonchev–Trinajstić information content (AvgIpc) is 2.87. The minimum absolute atomic E-state index is 0.00900. The first kappa shape index (κ1) is 17.4. The number of carbonyl (C=O) groups excluding carboxylic acids is 1. The van der Waals surface area contributed by atoms with Crippen LogP contribution in [0.15, 0.2) is 18.2 Å². The quantitative estimate of drug-likeness (QED) is 0.856. The Kier molecular flexibility index (Phi) is 5.20. The molecule has 2 aliphatic heterocycles. The molecule has 2 fully saturated rings. The smallest absolute Gasteiger partial charge is 0.319 e. The molecule has 24 heavy (non-hydrogen) atoms. The molecule has 2 amide bonds. The molecule has 6 nitrogen and oxygen atoms in total. The Morgan fingerprint density at radius 3 is 2.58 bits per heavy atom. The highest BCUT2D eigenvalue weighted by atomic mass is 35.5. The third-order valence-electron chi connectivity index (χ3n) is 4.47. The first-order chi connectivity index (χ1) is 11.4. The number of sulfone groups is 1. The summed E-state index contributed by atoms with van der Waals surface area (Å²) in [7, 11) is -3.01. The predicted molar refractivity (Wildman–Crippen MR) is 96.7 cm³/mol. The van der Waals surface area contributed by atoms with Gasteiger partial charge in [-0.15, -0.1) is 0 Å². The van der Waals surface area contributed by atoms with Crippen molar-refractivity contribution in [2.24, 2.45) is 0 Å². The summed E-state index contributed by atoms with van der Waals surface area (Å²) in [6.07, 6.45) is 4.06. The van der Waals surface area contributed by atoms with Crippen LogP contribution in [0.25, 0.3) is 0 Å². The fourth-order valence-corrected chi connectivity index (χ4v) is 5.21. The number of amides is 2. The predicted octanol–water partition coefficient (Wildman–Crippen LogP) is 2.64. The number of rotatable bonds is 3. The first-order valence-corrected chi connectivity index (χ1v) is 10.5. The molecular formula is C16H22ClN3O3S. The van der Waals surface area contributed by atoms with Gasteiger partial charge in [-0.05, 0) is 43.9 Å². The fraction of sp³-hybridized carbons (Fsp3) is 0.562. The Morgan fingerprint density at radius 2 is 1.96 bits per heavy atom. The number of hydrogen-bond donors (Lipinski definition) is 2. The van der Waals surface area contributed by atoms with Gasteiger partial charge < -0.3 is 15.5 Å². The van der Waals surface area contributed by atoms with Crippen molar-refractivity contribution in [1.29, 1.82) is 0 Å². The summed E-state index contributed by atoms with van der Waals surface area (Å²) in [5, 5.41) is 6.03. The fourth-order valence-electron chi connectivity index (χ4n) is 3.24. The number of halogens is 1. The zero-order chi connectivity index (χ0) is 17.2. The summed E-state index contributed by atoms with van der Waals surface area (Å²) in [6.45, 7) is 2.01. The third kappa shape index (κ3) is 4.33. The average molecular weight is 372 g/mol. The van der Waals surface area contributed by atoms with E-state index in [1.54, 1.807) is 6.07 Å². The molecule has 1 unspecified atom stereocenters. The summed E-state index contributed by atoms with van der Waals surface area (Å²) in [6, 6.07) is 4.75. The van der Waals surface area contributed by atoms with Crippen molar-refractivity contribution < 1.29 is 13.2 Å². The normalized spacial score (nSPS) is 23.0. The highest BCUT2D eigenvalue weighted by Gasteiger charge is 2.28. The summed E-state index contributed by atoms with van der Waals surface area (Å²) < 4.78 is 22.8. The first-order valence-electron chi connectivity index (χ1n) is 8.25. The lowest BCUT2D eigenvalue weighted by molar-refractivity contribution is 0.249. The Balaban J connectivity index is 1.59. The van der Waals surface area contributed by atoms with Crippen molar-refractivity contribution in [3.63, 3.8) is 0 Å². The van der Waals surface area contributed by atoms with E-state index in [0.717, 1.165) is 18.8 Å². The van der Waals surface area contributed by atoms with Crippen molar-refractivity contribution in [2.45, 2.75) is 31.7 Å². The molecule has 0 aliphatic carbocycles. The molecule has 2 heterocycles. The molecular weight excluding hydrogens is 350 g/mol. The number of carbonyl (C=O) groups is 1. The second kappa shape index (κ2) is 7.19. The number of hydrogen-bond acceptors (Lipinski definition) is 4. The lowest BCUT2D eigenvalue weighted by atomic mass is 10.1. The van der Waals surface area contributed by atoms with Crippen LogP contribution in [0.4, 0.5) is 16.2 Å². The number of benzene rings is 1. The zero-order valence-corrected chi connectivity index (χ0v) is 15.0. The van der Waals surface area contributed by atoms with Crippen LogP contribution >= 0.6 is 11.6 Å². The van der Waals surface area contributed by atoms with E-state index < -0.39 is 15.9 Å². The van der Waals surface area contributed by atoms with E-state index in [4.69, 9.17) is 11.6 Å². The minimum Gasteiger partial charge on any atom is -0.370 e. The Hall–Kier alpha value is -1.47. The summed E-state index contributed by atoms with van der Waals surface area (Å²) >= 11 is 6.36. The second-order valence-electron chi connectivity index (χ2n) is 6.41. The minimum atomic E-state index is -3.01. The van der Waals surface area contributed by atoms with Gasteiger partial charge in [-0.2, -0.15) is 0 Å². The van der Waals surface area contributed by atoms with E-state index in [1.165, 1.54) is 19.3 Å². The van der Waals surface area contributed by atoms with Crippen LogP contribution in [-0.2, 0) is 9.84 Å². The molecule has 0 aromatic heterocycles. The monoisotopic (exact) mass is 371 g/mol. The van der Waals surface area contributed by atoms with E-state index in [-0.39, 0.29) is 17.5 Å². The number of nitrogens with one attached hydrogen (secondary N) is 2. The highest BCUT2D eigenvalue weighted by Crippen LogP contribution is 2.30. The van der Waals surface area contributed by atoms with Gasteiger partial charge in [0.1, 0.15) is 0 Å². The Bertz CT molecular complexity index is 717. The van der Waals surface area contributed by atoms with E-state index in [0.29, 0.717) is 17.1 Å². The zero-order valence-electron chi connectivity index (χ0n) is 13.4. The summed E-state index contributed by atoms with van der Waals surface area (Å²) in [4.78, 5) is 14.3. The van der Waals surface area contributed by atoms with Crippen LogP contribution in [0.3, 0.4) is 0 Å². The van der Waals surface area contributed by atoms with Crippen LogP contribution in [0.1, 0.15) is 25.7 Å². The third-order valence-corrected chi connectivity index (χ3v) is 6.54. The van der Waals surface area contributed by atoms with Gasteiger partial charge in [-0.25, -0.2) is 13.2 Å². The Morgan fingerprint density at radius 1 is 1.21 bits per heavy atom. The molecule has 2 saturated heterocycles. The molecule has 3 rings (SSSR count). The molecule has 0 saturated carbocycles. The maximum Gasteiger partial charge on any atom is 0.319 e. The highest BCUT2D eigenvalue weighted by molar-refractivity contribution is 7.91. The van der Waals surface area contributed by atoms with Gasteiger partial charge in [0.15, 0.2) is 9.84 Å². The van der Waals surface area contributed by atoms with E-state index in [9.17, 15) is 13.2 Å². The van der Waals surface area contributed by atoms with Crippen molar-refractivity contribution in [3.8, 4) is 0 Å². The number of nitrogens with zero attached hydrogens (tertiary/aromatic N) is 1. The maximum absolute atomic E-state index is 12.0. The lowest BCUT2D eigenvalue weighted by Gasteiger charge is -2.29. The molecule has 1 aromatic carbocycles. The second-order valence-corrected chi connectivity index (χ2v) is 9.05.